The third-order valence-electron chi connectivity index (χ3n) is 4.08. The van der Waals surface area contributed by atoms with Gasteiger partial charge in [-0.05, 0) is 45.7 Å². The van der Waals surface area contributed by atoms with Crippen LogP contribution in [0.3, 0.4) is 0 Å². The summed E-state index contributed by atoms with van der Waals surface area (Å²) in [5, 5.41) is 6.65. The number of likely N-dealkylation sites (N-methyl/N-ethyl adjacent to an activating group) is 1. The molecule has 0 aliphatic carbocycles. The average molecular weight is 329 g/mol. The predicted octanol–water partition coefficient (Wildman–Crippen LogP) is 1.33. The number of nitrogens with zero attached hydrogens (tertiary/aromatic N) is 2. The van der Waals surface area contributed by atoms with E-state index in [4.69, 9.17) is 9.47 Å². The highest BCUT2D eigenvalue weighted by atomic mass is 16.5. The first kappa shape index (κ1) is 20.2. The molecule has 0 aromatic carbocycles. The van der Waals surface area contributed by atoms with Crippen molar-refractivity contribution in [3.05, 3.63) is 0 Å². The Bertz CT molecular complexity index is 307. The Morgan fingerprint density at radius 3 is 2.74 bits per heavy atom. The van der Waals surface area contributed by atoms with E-state index in [2.05, 4.69) is 41.4 Å². The quantitative estimate of drug-likeness (QED) is 0.340. The van der Waals surface area contributed by atoms with Gasteiger partial charge < -0.3 is 25.0 Å². The lowest BCUT2D eigenvalue weighted by atomic mass is 10.0. The summed E-state index contributed by atoms with van der Waals surface area (Å²) in [6.07, 6.45) is 3.24. The summed E-state index contributed by atoms with van der Waals surface area (Å²) in [7, 11) is 2.13. The Labute approximate surface area is 142 Å². The minimum Gasteiger partial charge on any atom is -0.381 e. The predicted molar refractivity (Wildman–Crippen MR) is 96.1 cm³/mol. The number of nitrogens with one attached hydrogen (secondary N) is 2. The number of aliphatic imine (C=N–C) groups is 1. The van der Waals surface area contributed by atoms with Crippen LogP contribution in [0.2, 0.25) is 0 Å². The number of ether oxygens (including phenoxy) is 2. The van der Waals surface area contributed by atoms with E-state index < -0.39 is 0 Å². The fraction of sp³-hybridized carbons (Fsp3) is 0.941. The Morgan fingerprint density at radius 1 is 1.26 bits per heavy atom. The summed E-state index contributed by atoms with van der Waals surface area (Å²) in [5.74, 6) is 1.59. The van der Waals surface area contributed by atoms with Crippen LogP contribution in [0.5, 0.6) is 0 Å². The van der Waals surface area contributed by atoms with Crippen LogP contribution in [0.1, 0.15) is 33.1 Å². The normalized spacial score (nSPS) is 16.8. The minimum atomic E-state index is 0.682. The van der Waals surface area contributed by atoms with Crippen molar-refractivity contribution in [3.8, 4) is 0 Å². The summed E-state index contributed by atoms with van der Waals surface area (Å²) in [4.78, 5) is 6.87. The van der Waals surface area contributed by atoms with Crippen molar-refractivity contribution in [1.82, 2.24) is 15.5 Å². The Hall–Kier alpha value is -0.850. The number of hydrogen-bond acceptors (Lipinski definition) is 4. The molecule has 23 heavy (non-hydrogen) atoms. The summed E-state index contributed by atoms with van der Waals surface area (Å²) in [6, 6.07) is 0. The molecule has 0 spiro atoms. The SMILES string of the molecule is CCNC(=NCCCOCC1CCOCC1)NCCN(C)CC. The minimum absolute atomic E-state index is 0.682. The van der Waals surface area contributed by atoms with Crippen molar-refractivity contribution < 1.29 is 9.47 Å². The fourth-order valence-corrected chi connectivity index (χ4v) is 2.39. The van der Waals surface area contributed by atoms with Gasteiger partial charge in [-0.2, -0.15) is 0 Å². The summed E-state index contributed by atoms with van der Waals surface area (Å²) >= 11 is 0. The van der Waals surface area contributed by atoms with Crippen LogP contribution in [-0.2, 0) is 9.47 Å². The van der Waals surface area contributed by atoms with Crippen LogP contribution < -0.4 is 10.6 Å². The first-order chi connectivity index (χ1) is 11.3. The molecule has 0 aromatic heterocycles. The highest BCUT2D eigenvalue weighted by molar-refractivity contribution is 5.79. The van der Waals surface area contributed by atoms with Crippen LogP contribution in [0.4, 0.5) is 0 Å². The molecule has 136 valence electrons. The van der Waals surface area contributed by atoms with Crippen molar-refractivity contribution in [2.75, 3.05) is 66.2 Å². The van der Waals surface area contributed by atoms with Crippen molar-refractivity contribution in [1.29, 1.82) is 0 Å². The van der Waals surface area contributed by atoms with Crippen LogP contribution in [0.15, 0.2) is 4.99 Å². The highest BCUT2D eigenvalue weighted by Crippen LogP contribution is 2.14. The molecule has 6 nitrogen and oxygen atoms in total. The third kappa shape index (κ3) is 10.5. The van der Waals surface area contributed by atoms with Crippen LogP contribution in [0.25, 0.3) is 0 Å². The van der Waals surface area contributed by atoms with Crippen molar-refractivity contribution >= 4 is 5.96 Å². The standard InChI is InChI=1S/C17H36N4O2/c1-4-18-17(20-10-11-21(3)5-2)19-9-6-12-23-15-16-7-13-22-14-8-16/h16H,4-15H2,1-3H3,(H2,18,19,20). The van der Waals surface area contributed by atoms with E-state index in [1.54, 1.807) is 0 Å². The second-order valence-corrected chi connectivity index (χ2v) is 6.07. The maximum absolute atomic E-state index is 5.77. The second kappa shape index (κ2) is 13.6. The summed E-state index contributed by atoms with van der Waals surface area (Å²) in [6.45, 7) is 12.4. The number of rotatable bonds is 11. The molecule has 0 unspecified atom stereocenters. The maximum Gasteiger partial charge on any atom is 0.191 e. The van der Waals surface area contributed by atoms with Gasteiger partial charge in [0.05, 0.1) is 0 Å². The fourth-order valence-electron chi connectivity index (χ4n) is 2.39. The molecule has 1 aliphatic heterocycles. The van der Waals surface area contributed by atoms with E-state index in [-0.39, 0.29) is 0 Å². The van der Waals surface area contributed by atoms with E-state index in [0.717, 1.165) is 84.4 Å². The van der Waals surface area contributed by atoms with Crippen molar-refractivity contribution in [2.24, 2.45) is 10.9 Å². The molecule has 0 saturated carbocycles. The lowest BCUT2D eigenvalue weighted by Gasteiger charge is -2.21. The van der Waals surface area contributed by atoms with Gasteiger partial charge in [-0.1, -0.05) is 6.92 Å². The van der Waals surface area contributed by atoms with Crippen LogP contribution in [0, 0.1) is 5.92 Å². The molecule has 0 radical (unpaired) electrons. The molecule has 0 aromatic rings. The molecule has 2 N–H and O–H groups in total. The molecular formula is C17H36N4O2. The summed E-state index contributed by atoms with van der Waals surface area (Å²) < 4.78 is 11.1. The topological polar surface area (TPSA) is 58.1 Å². The molecule has 0 bridgehead atoms. The highest BCUT2D eigenvalue weighted by Gasteiger charge is 2.13. The Kier molecular flexibility index (Phi) is 11.9. The first-order valence-corrected chi connectivity index (χ1v) is 9.12. The van der Waals surface area contributed by atoms with E-state index in [0.29, 0.717) is 5.92 Å². The molecule has 1 fully saturated rings. The van der Waals surface area contributed by atoms with Gasteiger partial charge in [0.25, 0.3) is 0 Å². The smallest absolute Gasteiger partial charge is 0.191 e. The first-order valence-electron chi connectivity index (χ1n) is 9.12. The van der Waals surface area contributed by atoms with Gasteiger partial charge in [0.1, 0.15) is 0 Å². The molecule has 0 atom stereocenters. The van der Waals surface area contributed by atoms with E-state index >= 15 is 0 Å². The largest absolute Gasteiger partial charge is 0.381 e. The van der Waals surface area contributed by atoms with Gasteiger partial charge in [0.2, 0.25) is 0 Å². The zero-order valence-corrected chi connectivity index (χ0v) is 15.3. The molecular weight excluding hydrogens is 292 g/mol. The molecule has 1 heterocycles. The molecule has 1 aliphatic rings. The molecule has 1 saturated heterocycles. The lowest BCUT2D eigenvalue weighted by Crippen LogP contribution is -2.41. The van der Waals surface area contributed by atoms with Gasteiger partial charge in [0.15, 0.2) is 5.96 Å². The van der Waals surface area contributed by atoms with E-state index in [1.807, 2.05) is 0 Å². The number of guanidine groups is 1. The van der Waals surface area contributed by atoms with Gasteiger partial charge >= 0.3 is 0 Å². The zero-order chi connectivity index (χ0) is 16.8. The van der Waals surface area contributed by atoms with Crippen LogP contribution >= 0.6 is 0 Å². The monoisotopic (exact) mass is 328 g/mol. The van der Waals surface area contributed by atoms with E-state index in [1.165, 1.54) is 0 Å². The van der Waals surface area contributed by atoms with Crippen molar-refractivity contribution in [2.45, 2.75) is 33.1 Å². The third-order valence-corrected chi connectivity index (χ3v) is 4.08. The van der Waals surface area contributed by atoms with Gasteiger partial charge in [-0.15, -0.1) is 0 Å². The number of hydrogen-bond donors (Lipinski definition) is 2. The Morgan fingerprint density at radius 2 is 2.04 bits per heavy atom. The lowest BCUT2D eigenvalue weighted by molar-refractivity contribution is 0.0205. The molecule has 1 rings (SSSR count). The van der Waals surface area contributed by atoms with Gasteiger partial charge in [-0.3, -0.25) is 4.99 Å². The summed E-state index contributed by atoms with van der Waals surface area (Å²) in [5.41, 5.74) is 0. The van der Waals surface area contributed by atoms with Gasteiger partial charge in [-0.25, -0.2) is 0 Å². The van der Waals surface area contributed by atoms with E-state index in [9.17, 15) is 0 Å². The van der Waals surface area contributed by atoms with Gasteiger partial charge in [0, 0.05) is 52.6 Å². The Balaban J connectivity index is 2.08. The average Bonchev–Trinajstić information content (AvgIpc) is 2.58. The molecule has 0 amide bonds. The van der Waals surface area contributed by atoms with Crippen LogP contribution in [-0.4, -0.2) is 77.1 Å². The zero-order valence-electron chi connectivity index (χ0n) is 15.3. The molecule has 6 heteroatoms. The van der Waals surface area contributed by atoms with Crippen molar-refractivity contribution in [3.63, 3.8) is 0 Å². The second-order valence-electron chi connectivity index (χ2n) is 6.07. The maximum atomic E-state index is 5.77.